The number of halogens is 1. The Balaban J connectivity index is 2.20. The fourth-order valence-electron chi connectivity index (χ4n) is 1.74. The normalized spacial score (nSPS) is 15.5. The van der Waals surface area contributed by atoms with E-state index in [9.17, 15) is 19.3 Å². The molecule has 1 aliphatic heterocycles. The highest BCUT2D eigenvalue weighted by molar-refractivity contribution is 5.94. The van der Waals surface area contributed by atoms with E-state index in [1.165, 1.54) is 11.0 Å². The topological polar surface area (TPSA) is 72.7 Å². The van der Waals surface area contributed by atoms with Crippen molar-refractivity contribution >= 4 is 11.6 Å². The first kappa shape index (κ1) is 12.4. The van der Waals surface area contributed by atoms with Crippen LogP contribution in [-0.2, 0) is 4.74 Å². The monoisotopic (exact) mass is 254 g/mol. The number of hydrogen-bond donors (Lipinski definition) is 0. The summed E-state index contributed by atoms with van der Waals surface area (Å²) in [5.41, 5.74) is -0.520. The minimum absolute atomic E-state index is 0.111. The first-order valence-corrected chi connectivity index (χ1v) is 5.40. The van der Waals surface area contributed by atoms with Gasteiger partial charge in [-0.25, -0.2) is 0 Å². The number of carbonyl (C=O) groups excluding carboxylic acids is 1. The summed E-state index contributed by atoms with van der Waals surface area (Å²) in [5.74, 6) is -1.34. The molecule has 1 aliphatic rings. The fourth-order valence-corrected chi connectivity index (χ4v) is 1.74. The molecule has 0 aliphatic carbocycles. The van der Waals surface area contributed by atoms with Crippen molar-refractivity contribution in [2.45, 2.75) is 0 Å². The predicted molar refractivity (Wildman–Crippen MR) is 59.8 cm³/mol. The van der Waals surface area contributed by atoms with Crippen LogP contribution in [0.4, 0.5) is 10.1 Å². The molecule has 6 nitrogen and oxygen atoms in total. The van der Waals surface area contributed by atoms with Gasteiger partial charge in [0, 0.05) is 24.7 Å². The zero-order valence-electron chi connectivity index (χ0n) is 9.47. The standard InChI is InChI=1S/C11H11FN2O4/c12-9-7-8(1-2-10(9)14(16)17)11(15)13-3-5-18-6-4-13/h1-2,7H,3-6H2. The number of rotatable bonds is 2. The number of hydrogen-bond acceptors (Lipinski definition) is 4. The molecule has 1 amide bonds. The number of nitro benzene ring substituents is 1. The molecule has 0 N–H and O–H groups in total. The zero-order chi connectivity index (χ0) is 13.1. The second-order valence-electron chi connectivity index (χ2n) is 3.83. The molecule has 0 radical (unpaired) electrons. The predicted octanol–water partition coefficient (Wildman–Crippen LogP) is 1.21. The molecule has 1 saturated heterocycles. The number of benzene rings is 1. The molecule has 0 atom stereocenters. The molecule has 0 bridgehead atoms. The lowest BCUT2D eigenvalue weighted by atomic mass is 10.1. The lowest BCUT2D eigenvalue weighted by Gasteiger charge is -2.26. The minimum atomic E-state index is -1.00. The Labute approximate surface area is 102 Å². The maximum absolute atomic E-state index is 13.4. The molecule has 7 heteroatoms. The Hall–Kier alpha value is -2.02. The number of nitrogens with zero attached hydrogens (tertiary/aromatic N) is 2. The third kappa shape index (κ3) is 2.45. The Morgan fingerprint density at radius 3 is 2.61 bits per heavy atom. The smallest absolute Gasteiger partial charge is 0.304 e. The minimum Gasteiger partial charge on any atom is -0.378 e. The fraction of sp³-hybridized carbons (Fsp3) is 0.364. The molecule has 1 aromatic rings. The highest BCUT2D eigenvalue weighted by Gasteiger charge is 2.21. The molecule has 0 saturated carbocycles. The lowest BCUT2D eigenvalue weighted by molar-refractivity contribution is -0.387. The van der Waals surface area contributed by atoms with Gasteiger partial charge in [-0.1, -0.05) is 0 Å². The Bertz CT molecular complexity index is 486. The molecule has 0 aromatic heterocycles. The van der Waals surface area contributed by atoms with Crippen LogP contribution >= 0.6 is 0 Å². The summed E-state index contributed by atoms with van der Waals surface area (Å²) in [7, 11) is 0. The third-order valence-electron chi connectivity index (χ3n) is 2.69. The molecule has 1 heterocycles. The number of morpholine rings is 1. The van der Waals surface area contributed by atoms with Gasteiger partial charge < -0.3 is 9.64 Å². The van der Waals surface area contributed by atoms with Gasteiger partial charge in [-0.05, 0) is 12.1 Å². The van der Waals surface area contributed by atoms with E-state index in [0.29, 0.717) is 26.3 Å². The zero-order valence-corrected chi connectivity index (χ0v) is 9.47. The van der Waals surface area contributed by atoms with E-state index in [2.05, 4.69) is 0 Å². The van der Waals surface area contributed by atoms with Gasteiger partial charge in [0.05, 0.1) is 18.1 Å². The van der Waals surface area contributed by atoms with E-state index in [-0.39, 0.29) is 11.5 Å². The van der Waals surface area contributed by atoms with Gasteiger partial charge in [-0.15, -0.1) is 0 Å². The van der Waals surface area contributed by atoms with Crippen LogP contribution in [0.5, 0.6) is 0 Å². The quantitative estimate of drug-likeness (QED) is 0.587. The van der Waals surface area contributed by atoms with Crippen molar-refractivity contribution < 1.29 is 18.8 Å². The van der Waals surface area contributed by atoms with Crippen LogP contribution in [0.15, 0.2) is 18.2 Å². The van der Waals surface area contributed by atoms with Crippen LogP contribution in [0, 0.1) is 15.9 Å². The van der Waals surface area contributed by atoms with Crippen molar-refractivity contribution in [3.63, 3.8) is 0 Å². The maximum Gasteiger partial charge on any atom is 0.304 e. The van der Waals surface area contributed by atoms with Crippen molar-refractivity contribution in [3.05, 3.63) is 39.7 Å². The van der Waals surface area contributed by atoms with Crippen LogP contribution in [0.25, 0.3) is 0 Å². The van der Waals surface area contributed by atoms with Crippen LogP contribution < -0.4 is 0 Å². The molecular formula is C11H11FN2O4. The number of ether oxygens (including phenoxy) is 1. The highest BCUT2D eigenvalue weighted by atomic mass is 19.1. The Morgan fingerprint density at radius 1 is 1.39 bits per heavy atom. The van der Waals surface area contributed by atoms with Gasteiger partial charge in [0.15, 0.2) is 0 Å². The van der Waals surface area contributed by atoms with Gasteiger partial charge >= 0.3 is 5.69 Å². The largest absolute Gasteiger partial charge is 0.378 e. The van der Waals surface area contributed by atoms with Gasteiger partial charge in [0.1, 0.15) is 0 Å². The van der Waals surface area contributed by atoms with Gasteiger partial charge in [0.2, 0.25) is 5.82 Å². The molecule has 0 spiro atoms. The summed E-state index contributed by atoms with van der Waals surface area (Å²) in [6.07, 6.45) is 0. The maximum atomic E-state index is 13.4. The Kier molecular flexibility index (Phi) is 3.52. The molecule has 96 valence electrons. The molecule has 0 unspecified atom stereocenters. The van der Waals surface area contributed by atoms with Crippen molar-refractivity contribution in [2.24, 2.45) is 0 Å². The second kappa shape index (κ2) is 5.09. The van der Waals surface area contributed by atoms with E-state index in [4.69, 9.17) is 4.74 Å². The highest BCUT2D eigenvalue weighted by Crippen LogP contribution is 2.19. The SMILES string of the molecule is O=C(c1ccc([N+](=O)[O-])c(F)c1)N1CCOCC1. The van der Waals surface area contributed by atoms with Gasteiger partial charge in [0.25, 0.3) is 5.91 Å². The van der Waals surface area contributed by atoms with Crippen LogP contribution in [-0.4, -0.2) is 42.0 Å². The lowest BCUT2D eigenvalue weighted by Crippen LogP contribution is -2.40. The van der Waals surface area contributed by atoms with E-state index >= 15 is 0 Å². The summed E-state index contributed by atoms with van der Waals surface area (Å²) in [5, 5.41) is 10.5. The molecule has 2 rings (SSSR count). The van der Waals surface area contributed by atoms with Crippen molar-refractivity contribution in [1.29, 1.82) is 0 Å². The first-order chi connectivity index (χ1) is 8.59. The second-order valence-corrected chi connectivity index (χ2v) is 3.83. The summed E-state index contributed by atoms with van der Waals surface area (Å²) in [6.45, 7) is 1.78. The van der Waals surface area contributed by atoms with E-state index < -0.39 is 16.4 Å². The number of carbonyl (C=O) groups is 1. The van der Waals surface area contributed by atoms with Crippen molar-refractivity contribution in [2.75, 3.05) is 26.3 Å². The van der Waals surface area contributed by atoms with Crippen LogP contribution in [0.1, 0.15) is 10.4 Å². The van der Waals surface area contributed by atoms with E-state index in [0.717, 1.165) is 12.1 Å². The number of nitro groups is 1. The van der Waals surface area contributed by atoms with Gasteiger partial charge in [-0.3, -0.25) is 14.9 Å². The summed E-state index contributed by atoms with van der Waals surface area (Å²) in [6, 6.07) is 3.16. The van der Waals surface area contributed by atoms with E-state index in [1.54, 1.807) is 0 Å². The molecule has 18 heavy (non-hydrogen) atoms. The Morgan fingerprint density at radius 2 is 2.06 bits per heavy atom. The third-order valence-corrected chi connectivity index (χ3v) is 2.69. The van der Waals surface area contributed by atoms with Crippen molar-refractivity contribution in [3.8, 4) is 0 Å². The average molecular weight is 254 g/mol. The molecular weight excluding hydrogens is 243 g/mol. The average Bonchev–Trinajstić information content (AvgIpc) is 2.38. The van der Waals surface area contributed by atoms with Crippen LogP contribution in [0.3, 0.4) is 0 Å². The summed E-state index contributed by atoms with van der Waals surface area (Å²) >= 11 is 0. The summed E-state index contributed by atoms with van der Waals surface area (Å²) in [4.78, 5) is 23.1. The number of amides is 1. The van der Waals surface area contributed by atoms with Crippen LogP contribution in [0.2, 0.25) is 0 Å². The molecule has 1 aromatic carbocycles. The molecule has 1 fully saturated rings. The first-order valence-electron chi connectivity index (χ1n) is 5.40. The summed E-state index contributed by atoms with van der Waals surface area (Å²) < 4.78 is 18.5. The van der Waals surface area contributed by atoms with Gasteiger partial charge in [-0.2, -0.15) is 4.39 Å². The van der Waals surface area contributed by atoms with Crippen molar-refractivity contribution in [1.82, 2.24) is 4.90 Å². The van der Waals surface area contributed by atoms with E-state index in [1.807, 2.05) is 0 Å².